The summed E-state index contributed by atoms with van der Waals surface area (Å²) in [6, 6.07) is 7.94. The molecule has 106 valence electrons. The quantitative estimate of drug-likeness (QED) is 0.911. The van der Waals surface area contributed by atoms with Crippen molar-refractivity contribution in [2.24, 2.45) is 11.7 Å². The van der Waals surface area contributed by atoms with Gasteiger partial charge in [0.15, 0.2) is 0 Å². The van der Waals surface area contributed by atoms with E-state index in [2.05, 4.69) is 13.0 Å². The number of nitrogens with two attached hydrogens (primary N) is 1. The fourth-order valence-corrected chi connectivity index (χ4v) is 3.28. The minimum atomic E-state index is -0.175. The maximum absolute atomic E-state index is 6.46. The predicted octanol–water partition coefficient (Wildman–Crippen LogP) is 3.81. The van der Waals surface area contributed by atoms with Crippen molar-refractivity contribution < 1.29 is 4.74 Å². The summed E-state index contributed by atoms with van der Waals surface area (Å²) in [5.74, 6) is 0.788. The fourth-order valence-electron chi connectivity index (χ4n) is 3.06. The van der Waals surface area contributed by atoms with E-state index in [1.807, 2.05) is 18.2 Å². The van der Waals surface area contributed by atoms with Crippen molar-refractivity contribution in [2.75, 3.05) is 7.11 Å². The molecule has 0 aliphatic heterocycles. The first-order valence-electron chi connectivity index (χ1n) is 7.11. The van der Waals surface area contributed by atoms with Crippen LogP contribution in [0, 0.1) is 5.92 Å². The largest absolute Gasteiger partial charge is 0.377 e. The molecule has 0 radical (unpaired) electrons. The Morgan fingerprint density at radius 1 is 1.37 bits per heavy atom. The maximum Gasteiger partial charge on any atom is 0.0832 e. The summed E-state index contributed by atoms with van der Waals surface area (Å²) >= 11 is 6.22. The van der Waals surface area contributed by atoms with Gasteiger partial charge in [-0.1, -0.05) is 36.7 Å². The second kappa shape index (κ2) is 6.25. The summed E-state index contributed by atoms with van der Waals surface area (Å²) in [5.41, 5.74) is 7.40. The third-order valence-corrected chi connectivity index (χ3v) is 4.97. The van der Waals surface area contributed by atoms with Crippen LogP contribution in [0.15, 0.2) is 24.3 Å². The average Bonchev–Trinajstić information content (AvgIpc) is 2.42. The van der Waals surface area contributed by atoms with Crippen LogP contribution in [0.4, 0.5) is 0 Å². The van der Waals surface area contributed by atoms with Crippen molar-refractivity contribution in [3.05, 3.63) is 34.9 Å². The van der Waals surface area contributed by atoms with Crippen LogP contribution in [0.2, 0.25) is 5.02 Å². The van der Waals surface area contributed by atoms with Crippen molar-refractivity contribution in [3.63, 3.8) is 0 Å². The Bertz CT molecular complexity index is 413. The first kappa shape index (κ1) is 14.8. The van der Waals surface area contributed by atoms with Crippen LogP contribution < -0.4 is 5.73 Å². The van der Waals surface area contributed by atoms with Gasteiger partial charge in [0.05, 0.1) is 5.60 Å². The van der Waals surface area contributed by atoms with Gasteiger partial charge in [-0.2, -0.15) is 0 Å². The SMILES string of the molecule is COC1(C(N)Cc2ccccc2Cl)CCC(C)CC1. The third-order valence-electron chi connectivity index (χ3n) is 4.60. The second-order valence-electron chi connectivity index (χ2n) is 5.85. The van der Waals surface area contributed by atoms with Crippen molar-refractivity contribution in [1.29, 1.82) is 0 Å². The molecule has 3 heteroatoms. The average molecular weight is 282 g/mol. The normalized spacial score (nSPS) is 29.2. The van der Waals surface area contributed by atoms with Crippen LogP contribution in [0.3, 0.4) is 0 Å². The monoisotopic (exact) mass is 281 g/mol. The van der Waals surface area contributed by atoms with E-state index in [1.54, 1.807) is 7.11 Å². The number of rotatable bonds is 4. The van der Waals surface area contributed by atoms with E-state index in [9.17, 15) is 0 Å². The molecule has 0 spiro atoms. The molecule has 0 bridgehead atoms. The summed E-state index contributed by atoms with van der Waals surface area (Å²) in [7, 11) is 1.79. The highest BCUT2D eigenvalue weighted by Crippen LogP contribution is 2.37. The van der Waals surface area contributed by atoms with Gasteiger partial charge in [-0.15, -0.1) is 0 Å². The van der Waals surface area contributed by atoms with Crippen LogP contribution in [-0.4, -0.2) is 18.8 Å². The zero-order valence-electron chi connectivity index (χ0n) is 11.9. The van der Waals surface area contributed by atoms with Gasteiger partial charge >= 0.3 is 0 Å². The number of hydrogen-bond donors (Lipinski definition) is 1. The molecule has 1 atom stereocenters. The number of halogens is 1. The molecular formula is C16H24ClNO. The number of benzene rings is 1. The Kier molecular flexibility index (Phi) is 4.88. The Balaban J connectivity index is 2.09. The van der Waals surface area contributed by atoms with Gasteiger partial charge in [-0.3, -0.25) is 0 Å². The first-order chi connectivity index (χ1) is 9.07. The molecule has 0 aromatic heterocycles. The standard InChI is InChI=1S/C16H24ClNO/c1-12-7-9-16(19-2,10-8-12)15(18)11-13-5-3-4-6-14(13)17/h3-6,12,15H,7-11,18H2,1-2H3. The molecule has 2 nitrogen and oxygen atoms in total. The molecule has 1 saturated carbocycles. The zero-order valence-corrected chi connectivity index (χ0v) is 12.6. The predicted molar refractivity (Wildman–Crippen MR) is 80.5 cm³/mol. The van der Waals surface area contributed by atoms with Crippen molar-refractivity contribution >= 4 is 11.6 Å². The van der Waals surface area contributed by atoms with E-state index in [0.29, 0.717) is 0 Å². The van der Waals surface area contributed by atoms with Crippen molar-refractivity contribution in [1.82, 2.24) is 0 Å². The molecule has 1 unspecified atom stereocenters. The lowest BCUT2D eigenvalue weighted by molar-refractivity contribution is -0.0659. The summed E-state index contributed by atoms with van der Waals surface area (Å²) in [6.45, 7) is 2.30. The van der Waals surface area contributed by atoms with Gasteiger partial charge in [-0.25, -0.2) is 0 Å². The topological polar surface area (TPSA) is 35.2 Å². The van der Waals surface area contributed by atoms with Gasteiger partial charge < -0.3 is 10.5 Å². The van der Waals surface area contributed by atoms with Crippen LogP contribution >= 0.6 is 11.6 Å². The van der Waals surface area contributed by atoms with E-state index in [1.165, 1.54) is 12.8 Å². The number of hydrogen-bond acceptors (Lipinski definition) is 2. The first-order valence-corrected chi connectivity index (χ1v) is 7.49. The Hall–Kier alpha value is -0.570. The van der Waals surface area contributed by atoms with Crippen LogP contribution in [-0.2, 0) is 11.2 Å². The molecule has 1 aliphatic rings. The van der Waals surface area contributed by atoms with Crippen molar-refractivity contribution in [3.8, 4) is 0 Å². The van der Waals surface area contributed by atoms with Gasteiger partial charge in [0, 0.05) is 18.2 Å². The molecule has 1 aromatic carbocycles. The third kappa shape index (κ3) is 3.31. The molecule has 1 aliphatic carbocycles. The van der Waals surface area contributed by atoms with E-state index < -0.39 is 0 Å². The lowest BCUT2D eigenvalue weighted by Crippen LogP contribution is -2.52. The molecule has 2 N–H and O–H groups in total. The Morgan fingerprint density at radius 3 is 2.58 bits per heavy atom. The van der Waals surface area contributed by atoms with Gasteiger partial charge in [0.2, 0.25) is 0 Å². The lowest BCUT2D eigenvalue weighted by atomic mass is 9.74. The summed E-state index contributed by atoms with van der Waals surface area (Å²) < 4.78 is 5.83. The smallest absolute Gasteiger partial charge is 0.0832 e. The highest BCUT2D eigenvalue weighted by molar-refractivity contribution is 6.31. The lowest BCUT2D eigenvalue weighted by Gasteiger charge is -2.42. The molecule has 2 rings (SSSR count). The van der Waals surface area contributed by atoms with Crippen LogP contribution in [0.1, 0.15) is 38.2 Å². The number of ether oxygens (including phenoxy) is 1. The van der Waals surface area contributed by atoms with Gasteiger partial charge in [0.1, 0.15) is 0 Å². The molecule has 0 amide bonds. The Labute approximate surface area is 121 Å². The van der Waals surface area contributed by atoms with E-state index in [-0.39, 0.29) is 11.6 Å². The molecule has 19 heavy (non-hydrogen) atoms. The van der Waals surface area contributed by atoms with Gasteiger partial charge in [-0.05, 0) is 49.7 Å². The van der Waals surface area contributed by atoms with Crippen molar-refractivity contribution in [2.45, 2.75) is 50.7 Å². The summed E-state index contributed by atoms with van der Waals surface area (Å²) in [6.07, 6.45) is 5.28. The molecule has 1 fully saturated rings. The zero-order chi connectivity index (χ0) is 13.9. The summed E-state index contributed by atoms with van der Waals surface area (Å²) in [5, 5.41) is 0.799. The van der Waals surface area contributed by atoms with E-state index >= 15 is 0 Å². The van der Waals surface area contributed by atoms with Crippen LogP contribution in [0.5, 0.6) is 0 Å². The molecular weight excluding hydrogens is 258 g/mol. The fraction of sp³-hybridized carbons (Fsp3) is 0.625. The minimum Gasteiger partial charge on any atom is -0.377 e. The van der Waals surface area contributed by atoms with Crippen LogP contribution in [0.25, 0.3) is 0 Å². The van der Waals surface area contributed by atoms with E-state index in [0.717, 1.165) is 35.8 Å². The molecule has 0 saturated heterocycles. The second-order valence-corrected chi connectivity index (χ2v) is 6.26. The number of methoxy groups -OCH3 is 1. The highest BCUT2D eigenvalue weighted by Gasteiger charge is 2.39. The van der Waals surface area contributed by atoms with Gasteiger partial charge in [0.25, 0.3) is 0 Å². The Morgan fingerprint density at radius 2 is 2.00 bits per heavy atom. The summed E-state index contributed by atoms with van der Waals surface area (Å²) in [4.78, 5) is 0. The maximum atomic E-state index is 6.46. The molecule has 0 heterocycles. The minimum absolute atomic E-state index is 0.00454. The van der Waals surface area contributed by atoms with E-state index in [4.69, 9.17) is 22.1 Å². The molecule has 1 aromatic rings. The highest BCUT2D eigenvalue weighted by atomic mass is 35.5.